The van der Waals surface area contributed by atoms with Crippen LogP contribution >= 0.6 is 23.8 Å². The zero-order valence-corrected chi connectivity index (χ0v) is 11.4. The van der Waals surface area contributed by atoms with Gasteiger partial charge in [-0.3, -0.25) is 0 Å². The SMILES string of the molecule is C=C/C=C(Cl)\C=C/C(=S)/C(C#N)=C1/COCCN1. The van der Waals surface area contributed by atoms with Crippen molar-refractivity contribution >= 4 is 28.7 Å². The Morgan fingerprint density at radius 1 is 1.56 bits per heavy atom. The summed E-state index contributed by atoms with van der Waals surface area (Å²) < 4.78 is 5.27. The van der Waals surface area contributed by atoms with Crippen LogP contribution in [-0.4, -0.2) is 24.6 Å². The molecule has 0 radical (unpaired) electrons. The third kappa shape index (κ3) is 4.46. The van der Waals surface area contributed by atoms with E-state index in [9.17, 15) is 0 Å². The van der Waals surface area contributed by atoms with Gasteiger partial charge in [-0.2, -0.15) is 5.26 Å². The van der Waals surface area contributed by atoms with Crippen molar-refractivity contribution in [1.29, 1.82) is 5.26 Å². The monoisotopic (exact) mass is 280 g/mol. The van der Waals surface area contributed by atoms with Gasteiger partial charge in [0.1, 0.15) is 6.07 Å². The third-order valence-corrected chi connectivity index (χ3v) is 2.75. The molecule has 1 saturated heterocycles. The zero-order chi connectivity index (χ0) is 13.4. The molecule has 1 heterocycles. The summed E-state index contributed by atoms with van der Waals surface area (Å²) in [5.41, 5.74) is 1.14. The number of hydrogen-bond acceptors (Lipinski definition) is 4. The molecule has 94 valence electrons. The standard InChI is InChI=1S/C13H13ClN2OS/c1-2-3-10(14)4-5-13(18)11(8-15)12-9-17-7-6-16-12/h2-5,16H,1,6-7,9H2/b5-4-,10-3+,12-11-. The van der Waals surface area contributed by atoms with E-state index < -0.39 is 0 Å². The van der Waals surface area contributed by atoms with Crippen LogP contribution in [0, 0.1) is 11.3 Å². The van der Waals surface area contributed by atoms with Gasteiger partial charge in [0.2, 0.25) is 0 Å². The number of rotatable bonds is 4. The highest BCUT2D eigenvalue weighted by molar-refractivity contribution is 7.81. The molecule has 5 heteroatoms. The molecular weight excluding hydrogens is 268 g/mol. The molecule has 3 nitrogen and oxygen atoms in total. The van der Waals surface area contributed by atoms with Crippen molar-refractivity contribution in [1.82, 2.24) is 5.32 Å². The van der Waals surface area contributed by atoms with Gasteiger partial charge >= 0.3 is 0 Å². The van der Waals surface area contributed by atoms with Crippen molar-refractivity contribution in [2.45, 2.75) is 0 Å². The summed E-state index contributed by atoms with van der Waals surface area (Å²) in [5.74, 6) is 0. The first-order valence-corrected chi connectivity index (χ1v) is 6.13. The molecule has 1 rings (SSSR count). The number of nitrogens with one attached hydrogen (secondary N) is 1. The second-order valence-corrected chi connectivity index (χ2v) is 4.31. The summed E-state index contributed by atoms with van der Waals surface area (Å²) in [6.45, 7) is 5.24. The van der Waals surface area contributed by atoms with Crippen LogP contribution in [0.2, 0.25) is 0 Å². The number of ether oxygens (including phenoxy) is 1. The highest BCUT2D eigenvalue weighted by atomic mass is 35.5. The quantitative estimate of drug-likeness (QED) is 0.372. The van der Waals surface area contributed by atoms with E-state index in [4.69, 9.17) is 33.8 Å². The van der Waals surface area contributed by atoms with E-state index in [0.717, 1.165) is 5.70 Å². The Labute approximate surface area is 117 Å². The molecule has 18 heavy (non-hydrogen) atoms. The Morgan fingerprint density at radius 2 is 2.33 bits per heavy atom. The summed E-state index contributed by atoms with van der Waals surface area (Å²) in [6.07, 6.45) is 6.48. The predicted molar refractivity (Wildman–Crippen MR) is 77.3 cm³/mol. The van der Waals surface area contributed by atoms with Crippen molar-refractivity contribution in [3.8, 4) is 6.07 Å². The van der Waals surface area contributed by atoms with E-state index >= 15 is 0 Å². The maximum atomic E-state index is 9.13. The van der Waals surface area contributed by atoms with Crippen LogP contribution in [0.4, 0.5) is 0 Å². The van der Waals surface area contributed by atoms with Crippen LogP contribution in [0.15, 0.2) is 47.2 Å². The van der Waals surface area contributed by atoms with Gasteiger partial charge in [0.05, 0.1) is 29.3 Å². The van der Waals surface area contributed by atoms with Gasteiger partial charge in [-0.25, -0.2) is 0 Å². The number of nitriles is 1. The molecule has 0 unspecified atom stereocenters. The number of morpholine rings is 1. The van der Waals surface area contributed by atoms with Crippen LogP contribution in [0.5, 0.6) is 0 Å². The molecule has 0 bridgehead atoms. The summed E-state index contributed by atoms with van der Waals surface area (Å²) in [7, 11) is 0. The minimum atomic E-state index is 0.382. The summed E-state index contributed by atoms with van der Waals surface area (Å²) in [4.78, 5) is 0.432. The Morgan fingerprint density at radius 3 is 2.89 bits per heavy atom. The Kier molecular flexibility index (Phi) is 6.37. The molecule has 0 aliphatic carbocycles. The average Bonchev–Trinajstić information content (AvgIpc) is 2.39. The first-order valence-electron chi connectivity index (χ1n) is 5.34. The van der Waals surface area contributed by atoms with Crippen molar-refractivity contribution < 1.29 is 4.74 Å². The Bertz CT molecular complexity index is 464. The van der Waals surface area contributed by atoms with E-state index in [-0.39, 0.29) is 0 Å². The Hall–Kier alpha value is -1.41. The van der Waals surface area contributed by atoms with Gasteiger partial charge in [-0.15, -0.1) is 0 Å². The normalized spacial score (nSPS) is 19.0. The van der Waals surface area contributed by atoms with E-state index in [1.54, 1.807) is 24.3 Å². The topological polar surface area (TPSA) is 45.0 Å². The number of hydrogen-bond donors (Lipinski definition) is 1. The van der Waals surface area contributed by atoms with Gasteiger partial charge in [-0.1, -0.05) is 36.5 Å². The molecular formula is C13H13ClN2OS. The first-order chi connectivity index (χ1) is 8.69. The minimum absolute atomic E-state index is 0.382. The highest BCUT2D eigenvalue weighted by Gasteiger charge is 2.13. The lowest BCUT2D eigenvalue weighted by Crippen LogP contribution is -2.30. The molecule has 0 aromatic heterocycles. The fourth-order valence-corrected chi connectivity index (χ4v) is 1.73. The molecule has 0 aromatic rings. The Balaban J connectivity index is 2.84. The van der Waals surface area contributed by atoms with Crippen LogP contribution in [0.1, 0.15) is 0 Å². The van der Waals surface area contributed by atoms with E-state index in [0.29, 0.717) is 35.2 Å². The molecule has 0 saturated carbocycles. The number of halogens is 1. The van der Waals surface area contributed by atoms with Gasteiger partial charge in [0.15, 0.2) is 0 Å². The summed E-state index contributed by atoms with van der Waals surface area (Å²) in [5, 5.41) is 12.7. The van der Waals surface area contributed by atoms with Gasteiger partial charge in [0, 0.05) is 11.6 Å². The third-order valence-electron chi connectivity index (χ3n) is 2.16. The lowest BCUT2D eigenvalue weighted by molar-refractivity contribution is 0.132. The van der Waals surface area contributed by atoms with Crippen molar-refractivity contribution in [2.24, 2.45) is 0 Å². The fourth-order valence-electron chi connectivity index (χ4n) is 1.34. The lowest BCUT2D eigenvalue weighted by atomic mass is 10.1. The van der Waals surface area contributed by atoms with Crippen LogP contribution in [0.25, 0.3) is 0 Å². The molecule has 0 spiro atoms. The van der Waals surface area contributed by atoms with E-state index in [1.807, 2.05) is 0 Å². The zero-order valence-electron chi connectivity index (χ0n) is 9.78. The molecule has 1 aliphatic heterocycles. The minimum Gasteiger partial charge on any atom is -0.383 e. The molecule has 0 atom stereocenters. The first kappa shape index (κ1) is 14.7. The number of nitrogens with zero attached hydrogens (tertiary/aromatic N) is 1. The van der Waals surface area contributed by atoms with Gasteiger partial charge < -0.3 is 10.1 Å². The second-order valence-electron chi connectivity index (χ2n) is 3.43. The van der Waals surface area contributed by atoms with Crippen molar-refractivity contribution in [3.63, 3.8) is 0 Å². The van der Waals surface area contributed by atoms with Crippen LogP contribution in [0.3, 0.4) is 0 Å². The summed E-state index contributed by atoms with van der Waals surface area (Å²) >= 11 is 11.0. The average molecular weight is 281 g/mol. The number of allylic oxidation sites excluding steroid dienone is 6. The molecule has 1 N–H and O–H groups in total. The maximum absolute atomic E-state index is 9.13. The highest BCUT2D eigenvalue weighted by Crippen LogP contribution is 2.10. The molecule has 1 aliphatic rings. The largest absolute Gasteiger partial charge is 0.383 e. The van der Waals surface area contributed by atoms with Gasteiger partial charge in [0.25, 0.3) is 0 Å². The second kappa shape index (κ2) is 7.83. The van der Waals surface area contributed by atoms with Crippen molar-refractivity contribution in [3.05, 3.63) is 47.2 Å². The maximum Gasteiger partial charge on any atom is 0.103 e. The smallest absolute Gasteiger partial charge is 0.103 e. The fraction of sp³-hybridized carbons (Fsp3) is 0.231. The van der Waals surface area contributed by atoms with Gasteiger partial charge in [-0.05, 0) is 18.2 Å². The lowest BCUT2D eigenvalue weighted by Gasteiger charge is -2.18. The molecule has 0 aromatic carbocycles. The molecule has 0 amide bonds. The predicted octanol–water partition coefficient (Wildman–Crippen LogP) is 2.62. The van der Waals surface area contributed by atoms with E-state index in [1.165, 1.54) is 0 Å². The van der Waals surface area contributed by atoms with Crippen LogP contribution in [-0.2, 0) is 4.74 Å². The van der Waals surface area contributed by atoms with Crippen LogP contribution < -0.4 is 5.32 Å². The van der Waals surface area contributed by atoms with Crippen molar-refractivity contribution in [2.75, 3.05) is 19.8 Å². The summed E-state index contributed by atoms with van der Waals surface area (Å²) in [6, 6.07) is 2.09. The van der Waals surface area contributed by atoms with E-state index in [2.05, 4.69) is 18.0 Å². The number of thiocarbonyl (C=S) groups is 1. The molecule has 1 fully saturated rings.